The van der Waals surface area contributed by atoms with E-state index in [9.17, 15) is 10.2 Å². The Balaban J connectivity index is 2.99. The highest BCUT2D eigenvalue weighted by molar-refractivity contribution is 5.80. The molecular formula is C14H23N3O3. The van der Waals surface area contributed by atoms with Crippen LogP contribution in [0.1, 0.15) is 31.4 Å². The van der Waals surface area contributed by atoms with E-state index in [-0.39, 0.29) is 31.5 Å². The van der Waals surface area contributed by atoms with Crippen molar-refractivity contribution in [1.29, 1.82) is 0 Å². The lowest BCUT2D eigenvalue weighted by Crippen LogP contribution is -2.53. The lowest BCUT2D eigenvalue weighted by atomic mass is 9.93. The summed E-state index contributed by atoms with van der Waals surface area (Å²) in [5.74, 6) is 0.0900. The van der Waals surface area contributed by atoms with Gasteiger partial charge in [-0.25, -0.2) is 0 Å². The quantitative estimate of drug-likeness (QED) is 0.207. The number of hydrogen-bond acceptors (Lipinski definition) is 5. The van der Waals surface area contributed by atoms with Gasteiger partial charge in [0.05, 0.1) is 18.8 Å². The van der Waals surface area contributed by atoms with Crippen LogP contribution < -0.4 is 11.1 Å². The first-order valence-corrected chi connectivity index (χ1v) is 6.61. The van der Waals surface area contributed by atoms with Crippen molar-refractivity contribution >= 4 is 5.84 Å². The maximum atomic E-state index is 9.53. The predicted molar refractivity (Wildman–Crippen MR) is 77.5 cm³/mol. The Morgan fingerprint density at radius 3 is 2.35 bits per heavy atom. The Morgan fingerprint density at radius 1 is 1.30 bits per heavy atom. The van der Waals surface area contributed by atoms with Gasteiger partial charge in [-0.3, -0.25) is 5.32 Å². The molecule has 1 aromatic rings. The summed E-state index contributed by atoms with van der Waals surface area (Å²) in [6.45, 7) is 1.49. The van der Waals surface area contributed by atoms with Crippen LogP contribution in [0.4, 0.5) is 0 Å². The number of aliphatic hydroxyl groups excluding tert-OH is 2. The molecule has 0 saturated heterocycles. The molecule has 6 N–H and O–H groups in total. The van der Waals surface area contributed by atoms with E-state index < -0.39 is 5.54 Å². The van der Waals surface area contributed by atoms with Gasteiger partial charge in [0.1, 0.15) is 5.84 Å². The van der Waals surface area contributed by atoms with Crippen LogP contribution in [0.5, 0.6) is 0 Å². The molecule has 1 unspecified atom stereocenters. The third-order valence-corrected chi connectivity index (χ3v) is 3.51. The molecule has 6 nitrogen and oxygen atoms in total. The molecule has 0 aromatic heterocycles. The number of oxime groups is 1. The summed E-state index contributed by atoms with van der Waals surface area (Å²) in [4.78, 5) is 0. The summed E-state index contributed by atoms with van der Waals surface area (Å²) in [7, 11) is 0. The molecule has 0 bridgehead atoms. The van der Waals surface area contributed by atoms with Crippen LogP contribution in [0.2, 0.25) is 0 Å². The normalized spacial score (nSPS) is 14.2. The summed E-state index contributed by atoms with van der Waals surface area (Å²) >= 11 is 0. The summed E-state index contributed by atoms with van der Waals surface area (Å²) in [5.41, 5.74) is 5.74. The fourth-order valence-corrected chi connectivity index (χ4v) is 2.02. The number of nitrogens with zero attached hydrogens (tertiary/aromatic N) is 1. The summed E-state index contributed by atoms with van der Waals surface area (Å²) in [5, 5.41) is 34.0. The highest BCUT2D eigenvalue weighted by atomic mass is 16.4. The Labute approximate surface area is 118 Å². The van der Waals surface area contributed by atoms with Crippen molar-refractivity contribution in [2.45, 2.75) is 31.3 Å². The maximum Gasteiger partial charge on any atom is 0.141 e. The number of amidine groups is 1. The molecular weight excluding hydrogens is 258 g/mol. The minimum Gasteiger partial charge on any atom is -0.409 e. The van der Waals surface area contributed by atoms with E-state index in [0.29, 0.717) is 6.42 Å². The minimum atomic E-state index is -0.795. The van der Waals surface area contributed by atoms with Gasteiger partial charge in [0.25, 0.3) is 0 Å². The molecule has 0 radical (unpaired) electrons. The van der Waals surface area contributed by atoms with Crippen molar-refractivity contribution < 1.29 is 15.4 Å². The van der Waals surface area contributed by atoms with E-state index in [2.05, 4.69) is 10.5 Å². The Morgan fingerprint density at radius 2 is 1.90 bits per heavy atom. The summed E-state index contributed by atoms with van der Waals surface area (Å²) in [6.07, 6.45) is 0.835. The van der Waals surface area contributed by atoms with Crippen molar-refractivity contribution in [2.75, 3.05) is 13.2 Å². The average molecular weight is 281 g/mol. The molecule has 0 aliphatic rings. The summed E-state index contributed by atoms with van der Waals surface area (Å²) < 4.78 is 0. The van der Waals surface area contributed by atoms with Gasteiger partial charge in [-0.05, 0) is 12.0 Å². The minimum absolute atomic E-state index is 0.0900. The Hall–Kier alpha value is -1.63. The number of hydrogen-bond donors (Lipinski definition) is 5. The van der Waals surface area contributed by atoms with Gasteiger partial charge in [-0.2, -0.15) is 0 Å². The van der Waals surface area contributed by atoms with Crippen LogP contribution in [-0.2, 0) is 0 Å². The van der Waals surface area contributed by atoms with Gasteiger partial charge >= 0.3 is 0 Å². The Kier molecular flexibility index (Phi) is 6.44. The van der Waals surface area contributed by atoms with Gasteiger partial charge in [-0.1, -0.05) is 42.4 Å². The number of nitrogens with one attached hydrogen (secondary N) is 1. The highest BCUT2D eigenvalue weighted by Crippen LogP contribution is 2.22. The monoisotopic (exact) mass is 281 g/mol. The van der Waals surface area contributed by atoms with Crippen LogP contribution in [0.25, 0.3) is 0 Å². The molecule has 1 rings (SSSR count). The van der Waals surface area contributed by atoms with E-state index in [1.807, 2.05) is 37.3 Å². The number of benzene rings is 1. The highest BCUT2D eigenvalue weighted by Gasteiger charge is 2.30. The average Bonchev–Trinajstić information content (AvgIpc) is 2.52. The van der Waals surface area contributed by atoms with Crippen molar-refractivity contribution in [2.24, 2.45) is 10.9 Å². The molecule has 112 valence electrons. The molecule has 0 aliphatic heterocycles. The SMILES string of the molecule is CCC(CO)(CO)NC(C/C(N)=N/O)c1ccccc1. The smallest absolute Gasteiger partial charge is 0.141 e. The molecule has 0 spiro atoms. The van der Waals surface area contributed by atoms with Crippen LogP contribution >= 0.6 is 0 Å². The van der Waals surface area contributed by atoms with Gasteiger partial charge in [0, 0.05) is 12.5 Å². The first kappa shape index (κ1) is 16.4. The van der Waals surface area contributed by atoms with Gasteiger partial charge in [-0.15, -0.1) is 0 Å². The molecule has 0 saturated carbocycles. The van der Waals surface area contributed by atoms with Crippen molar-refractivity contribution in [1.82, 2.24) is 5.32 Å². The zero-order chi connectivity index (χ0) is 15.0. The van der Waals surface area contributed by atoms with Crippen LogP contribution in [0.15, 0.2) is 35.5 Å². The second kappa shape index (κ2) is 7.84. The fraction of sp³-hybridized carbons (Fsp3) is 0.500. The van der Waals surface area contributed by atoms with Gasteiger partial charge in [0.2, 0.25) is 0 Å². The topological polar surface area (TPSA) is 111 Å². The first-order valence-electron chi connectivity index (χ1n) is 6.61. The second-order valence-corrected chi connectivity index (χ2v) is 4.85. The van der Waals surface area contributed by atoms with E-state index in [1.165, 1.54) is 0 Å². The Bertz CT molecular complexity index is 411. The predicted octanol–water partition coefficient (Wildman–Crippen LogP) is 0.587. The maximum absolute atomic E-state index is 9.53. The van der Waals surface area contributed by atoms with E-state index in [1.54, 1.807) is 0 Å². The van der Waals surface area contributed by atoms with E-state index in [4.69, 9.17) is 10.9 Å². The molecule has 1 atom stereocenters. The molecule has 0 heterocycles. The zero-order valence-corrected chi connectivity index (χ0v) is 11.7. The molecule has 0 aliphatic carbocycles. The molecule has 0 fully saturated rings. The van der Waals surface area contributed by atoms with Gasteiger partial charge in [0.15, 0.2) is 0 Å². The molecule has 6 heteroatoms. The lowest BCUT2D eigenvalue weighted by Gasteiger charge is -2.34. The van der Waals surface area contributed by atoms with E-state index in [0.717, 1.165) is 5.56 Å². The van der Waals surface area contributed by atoms with E-state index >= 15 is 0 Å². The van der Waals surface area contributed by atoms with Crippen LogP contribution in [0.3, 0.4) is 0 Å². The molecule has 0 amide bonds. The second-order valence-electron chi connectivity index (χ2n) is 4.85. The van der Waals surface area contributed by atoms with Crippen LogP contribution in [-0.4, -0.2) is 40.0 Å². The largest absolute Gasteiger partial charge is 0.409 e. The van der Waals surface area contributed by atoms with Crippen LogP contribution in [0, 0.1) is 0 Å². The van der Waals surface area contributed by atoms with Gasteiger partial charge < -0.3 is 21.2 Å². The third kappa shape index (κ3) is 4.19. The first-order chi connectivity index (χ1) is 9.60. The standard InChI is InChI=1S/C14H23N3O3/c1-2-14(9-18,10-19)16-12(8-13(15)17-20)11-6-4-3-5-7-11/h3-7,12,16,18-20H,2,8-10H2,1H3,(H2,15,17). The number of aliphatic hydroxyl groups is 2. The number of rotatable bonds is 8. The molecule has 20 heavy (non-hydrogen) atoms. The number of nitrogens with two attached hydrogens (primary N) is 1. The lowest BCUT2D eigenvalue weighted by molar-refractivity contribution is 0.0779. The van der Waals surface area contributed by atoms with Crippen molar-refractivity contribution in [3.8, 4) is 0 Å². The summed E-state index contributed by atoms with van der Waals surface area (Å²) in [6, 6.07) is 9.25. The fourth-order valence-electron chi connectivity index (χ4n) is 2.02. The van der Waals surface area contributed by atoms with Crippen molar-refractivity contribution in [3.63, 3.8) is 0 Å². The third-order valence-electron chi connectivity index (χ3n) is 3.51. The molecule has 1 aromatic carbocycles. The zero-order valence-electron chi connectivity index (χ0n) is 11.7. The van der Waals surface area contributed by atoms with Crippen molar-refractivity contribution in [3.05, 3.63) is 35.9 Å².